The third-order valence-corrected chi connectivity index (χ3v) is 3.72. The van der Waals surface area contributed by atoms with Crippen molar-refractivity contribution in [2.45, 2.75) is 32.1 Å². The molecule has 5 heteroatoms. The molecule has 0 aromatic carbocycles. The first-order valence-electron chi connectivity index (χ1n) is 6.99. The van der Waals surface area contributed by atoms with Crippen molar-refractivity contribution in [2.24, 2.45) is 11.7 Å². The molecule has 2 fully saturated rings. The lowest BCUT2D eigenvalue weighted by Gasteiger charge is -2.35. The number of rotatable bonds is 5. The minimum absolute atomic E-state index is 0.210. The summed E-state index contributed by atoms with van der Waals surface area (Å²) in [5.41, 5.74) is 5.41. The molecule has 0 bridgehead atoms. The van der Waals surface area contributed by atoms with E-state index in [4.69, 9.17) is 5.73 Å². The number of hydrogen-bond acceptors (Lipinski definition) is 3. The molecule has 0 spiro atoms. The van der Waals surface area contributed by atoms with Gasteiger partial charge in [-0.1, -0.05) is 0 Å². The van der Waals surface area contributed by atoms with Crippen molar-refractivity contribution in [2.75, 3.05) is 32.7 Å². The van der Waals surface area contributed by atoms with E-state index in [0.29, 0.717) is 45.1 Å². The third-order valence-electron chi connectivity index (χ3n) is 3.72. The zero-order chi connectivity index (χ0) is 13.0. The molecule has 18 heavy (non-hydrogen) atoms. The second kappa shape index (κ2) is 6.18. The number of unbranched alkanes of at least 4 members (excludes halogenated alkanes) is 1. The monoisotopic (exact) mass is 253 g/mol. The van der Waals surface area contributed by atoms with Gasteiger partial charge in [-0.2, -0.15) is 0 Å². The first kappa shape index (κ1) is 13.3. The van der Waals surface area contributed by atoms with E-state index >= 15 is 0 Å². The van der Waals surface area contributed by atoms with Crippen LogP contribution in [-0.2, 0) is 9.59 Å². The van der Waals surface area contributed by atoms with Crippen molar-refractivity contribution >= 4 is 11.8 Å². The predicted octanol–water partition coefficient (Wildman–Crippen LogP) is 0.196. The summed E-state index contributed by atoms with van der Waals surface area (Å²) in [5.74, 6) is 0.795. The Bertz CT molecular complexity index is 307. The number of piperazine rings is 1. The van der Waals surface area contributed by atoms with Crippen LogP contribution in [0.3, 0.4) is 0 Å². The second-order valence-corrected chi connectivity index (χ2v) is 5.23. The average Bonchev–Trinajstić information content (AvgIpc) is 3.22. The van der Waals surface area contributed by atoms with Crippen LogP contribution < -0.4 is 5.73 Å². The molecule has 1 saturated carbocycles. The molecule has 102 valence electrons. The van der Waals surface area contributed by atoms with E-state index in [2.05, 4.69) is 0 Å². The molecular formula is C13H23N3O2. The van der Waals surface area contributed by atoms with Gasteiger partial charge in [0, 0.05) is 38.5 Å². The minimum atomic E-state index is 0.210. The first-order valence-corrected chi connectivity index (χ1v) is 6.99. The smallest absolute Gasteiger partial charge is 0.225 e. The Morgan fingerprint density at radius 3 is 2.17 bits per heavy atom. The highest BCUT2D eigenvalue weighted by Crippen LogP contribution is 2.31. The maximum absolute atomic E-state index is 11.9. The Morgan fingerprint density at radius 1 is 1.00 bits per heavy atom. The van der Waals surface area contributed by atoms with Gasteiger partial charge in [-0.05, 0) is 32.2 Å². The summed E-state index contributed by atoms with van der Waals surface area (Å²) in [6.07, 6.45) is 4.48. The fraction of sp³-hybridized carbons (Fsp3) is 0.846. The number of hydrogen-bond donors (Lipinski definition) is 1. The van der Waals surface area contributed by atoms with Crippen molar-refractivity contribution in [1.29, 1.82) is 0 Å². The van der Waals surface area contributed by atoms with Gasteiger partial charge in [-0.15, -0.1) is 0 Å². The summed E-state index contributed by atoms with van der Waals surface area (Å²) >= 11 is 0. The molecule has 2 rings (SSSR count). The lowest BCUT2D eigenvalue weighted by molar-refractivity contribution is -0.140. The van der Waals surface area contributed by atoms with Gasteiger partial charge in [0.25, 0.3) is 0 Å². The largest absolute Gasteiger partial charge is 0.339 e. The lowest BCUT2D eigenvalue weighted by atomic mass is 10.2. The van der Waals surface area contributed by atoms with Crippen molar-refractivity contribution < 1.29 is 9.59 Å². The van der Waals surface area contributed by atoms with E-state index in [-0.39, 0.29) is 11.8 Å². The van der Waals surface area contributed by atoms with Gasteiger partial charge in [0.1, 0.15) is 0 Å². The van der Waals surface area contributed by atoms with Crippen LogP contribution in [0.2, 0.25) is 0 Å². The third kappa shape index (κ3) is 3.45. The Hall–Kier alpha value is -1.10. The van der Waals surface area contributed by atoms with Gasteiger partial charge < -0.3 is 15.5 Å². The van der Waals surface area contributed by atoms with E-state index in [9.17, 15) is 9.59 Å². The standard InChI is InChI=1S/C13H23N3O2/c14-6-2-1-3-12(17)15-7-9-16(10-8-15)13(18)11-4-5-11/h11H,1-10,14H2. The van der Waals surface area contributed by atoms with Crippen LogP contribution in [0.4, 0.5) is 0 Å². The summed E-state index contributed by atoms with van der Waals surface area (Å²) in [7, 11) is 0. The molecule has 0 aromatic heterocycles. The Kier molecular flexibility index (Phi) is 4.58. The summed E-state index contributed by atoms with van der Waals surface area (Å²) in [4.78, 5) is 27.5. The molecule has 2 N–H and O–H groups in total. The maximum Gasteiger partial charge on any atom is 0.225 e. The summed E-state index contributed by atoms with van der Waals surface area (Å²) in [6, 6.07) is 0. The van der Waals surface area contributed by atoms with Crippen LogP contribution in [-0.4, -0.2) is 54.3 Å². The molecule has 2 aliphatic rings. The molecule has 1 heterocycles. The van der Waals surface area contributed by atoms with Crippen LogP contribution in [0.15, 0.2) is 0 Å². The van der Waals surface area contributed by atoms with Crippen LogP contribution in [0.25, 0.3) is 0 Å². The molecule has 0 radical (unpaired) electrons. The number of carbonyl (C=O) groups excluding carboxylic acids is 2. The van der Waals surface area contributed by atoms with Gasteiger partial charge in [-0.3, -0.25) is 9.59 Å². The average molecular weight is 253 g/mol. The number of nitrogens with zero attached hydrogens (tertiary/aromatic N) is 2. The maximum atomic E-state index is 11.9. The molecule has 0 unspecified atom stereocenters. The second-order valence-electron chi connectivity index (χ2n) is 5.23. The van der Waals surface area contributed by atoms with Gasteiger partial charge >= 0.3 is 0 Å². The Labute approximate surface area is 108 Å². The molecule has 1 aliphatic heterocycles. The van der Waals surface area contributed by atoms with E-state index in [0.717, 1.165) is 25.7 Å². The Balaban J connectivity index is 1.68. The lowest BCUT2D eigenvalue weighted by Crippen LogP contribution is -2.51. The fourth-order valence-electron chi connectivity index (χ4n) is 2.34. The van der Waals surface area contributed by atoms with Crippen molar-refractivity contribution in [3.63, 3.8) is 0 Å². The molecule has 2 amide bonds. The first-order chi connectivity index (χ1) is 8.72. The van der Waals surface area contributed by atoms with Crippen LogP contribution >= 0.6 is 0 Å². The van der Waals surface area contributed by atoms with Gasteiger partial charge in [0.2, 0.25) is 11.8 Å². The zero-order valence-corrected chi connectivity index (χ0v) is 10.9. The quantitative estimate of drug-likeness (QED) is 0.712. The molecular weight excluding hydrogens is 230 g/mol. The van der Waals surface area contributed by atoms with Crippen LogP contribution in [0.5, 0.6) is 0 Å². The molecule has 0 aromatic rings. The zero-order valence-electron chi connectivity index (χ0n) is 10.9. The molecule has 5 nitrogen and oxygen atoms in total. The van der Waals surface area contributed by atoms with Crippen molar-refractivity contribution in [3.8, 4) is 0 Å². The SMILES string of the molecule is NCCCCC(=O)N1CCN(C(=O)C2CC2)CC1. The number of nitrogens with two attached hydrogens (primary N) is 1. The summed E-state index contributed by atoms with van der Waals surface area (Å²) < 4.78 is 0. The van der Waals surface area contributed by atoms with Gasteiger partial charge in [-0.25, -0.2) is 0 Å². The fourth-order valence-corrected chi connectivity index (χ4v) is 2.34. The molecule has 1 saturated heterocycles. The topological polar surface area (TPSA) is 66.6 Å². The number of amides is 2. The summed E-state index contributed by atoms with van der Waals surface area (Å²) in [6.45, 7) is 3.45. The van der Waals surface area contributed by atoms with Crippen LogP contribution in [0.1, 0.15) is 32.1 Å². The number of carbonyl (C=O) groups is 2. The van der Waals surface area contributed by atoms with E-state index in [1.54, 1.807) is 0 Å². The molecule has 1 aliphatic carbocycles. The van der Waals surface area contributed by atoms with E-state index in [1.165, 1.54) is 0 Å². The van der Waals surface area contributed by atoms with Crippen molar-refractivity contribution in [3.05, 3.63) is 0 Å². The van der Waals surface area contributed by atoms with E-state index in [1.807, 2.05) is 9.80 Å². The van der Waals surface area contributed by atoms with Gasteiger partial charge in [0.15, 0.2) is 0 Å². The highest BCUT2D eigenvalue weighted by molar-refractivity contribution is 5.81. The van der Waals surface area contributed by atoms with Gasteiger partial charge in [0.05, 0.1) is 0 Å². The normalized spacial score (nSPS) is 20.1. The Morgan fingerprint density at radius 2 is 1.61 bits per heavy atom. The summed E-state index contributed by atoms with van der Waals surface area (Å²) in [5, 5.41) is 0. The minimum Gasteiger partial charge on any atom is -0.339 e. The van der Waals surface area contributed by atoms with E-state index < -0.39 is 0 Å². The highest BCUT2D eigenvalue weighted by Gasteiger charge is 2.34. The van der Waals surface area contributed by atoms with Crippen LogP contribution in [0, 0.1) is 5.92 Å². The highest BCUT2D eigenvalue weighted by atomic mass is 16.2. The predicted molar refractivity (Wildman–Crippen MR) is 68.8 cm³/mol. The van der Waals surface area contributed by atoms with Crippen molar-refractivity contribution in [1.82, 2.24) is 9.80 Å². The molecule has 0 atom stereocenters.